The van der Waals surface area contributed by atoms with Gasteiger partial charge >= 0.3 is 0 Å². The quantitative estimate of drug-likeness (QED) is 0.408. The minimum absolute atomic E-state index is 0.371. The number of benzene rings is 2. The molecular formula is C36H50. The Hall–Kier alpha value is -1.56. The van der Waals surface area contributed by atoms with Gasteiger partial charge in [-0.15, -0.1) is 0 Å². The minimum Gasteiger partial charge on any atom is -0.0579 e. The van der Waals surface area contributed by atoms with Gasteiger partial charge in [0.2, 0.25) is 0 Å². The molecule has 0 unspecified atom stereocenters. The molecule has 0 radical (unpaired) electrons. The fourth-order valence-electron chi connectivity index (χ4n) is 8.98. The topological polar surface area (TPSA) is 0 Å². The first-order valence-corrected chi connectivity index (χ1v) is 15.6. The van der Waals surface area contributed by atoms with Crippen LogP contribution in [0.3, 0.4) is 0 Å². The zero-order chi connectivity index (χ0) is 24.7. The summed E-state index contributed by atoms with van der Waals surface area (Å²) in [6.07, 6.45) is 26.2. The molecule has 0 heterocycles. The van der Waals surface area contributed by atoms with Crippen LogP contribution in [0.2, 0.25) is 0 Å². The van der Waals surface area contributed by atoms with E-state index in [1.165, 1.54) is 127 Å². The summed E-state index contributed by atoms with van der Waals surface area (Å²) in [6, 6.07) is 19.4. The van der Waals surface area contributed by atoms with Gasteiger partial charge in [0.25, 0.3) is 0 Å². The molecule has 0 aliphatic heterocycles. The Morgan fingerprint density at radius 1 is 0.361 bits per heavy atom. The van der Waals surface area contributed by atoms with E-state index in [1.54, 1.807) is 11.1 Å². The Morgan fingerprint density at radius 3 is 0.972 bits per heavy atom. The van der Waals surface area contributed by atoms with Gasteiger partial charge in [-0.25, -0.2) is 0 Å². The van der Waals surface area contributed by atoms with E-state index in [4.69, 9.17) is 0 Å². The first kappa shape index (κ1) is 24.8. The third-order valence-electron chi connectivity index (χ3n) is 12.2. The van der Waals surface area contributed by atoms with Crippen LogP contribution in [0.4, 0.5) is 0 Å². The third-order valence-corrected chi connectivity index (χ3v) is 12.2. The van der Waals surface area contributed by atoms with Crippen LogP contribution in [0.25, 0.3) is 11.1 Å². The predicted molar refractivity (Wildman–Crippen MR) is 155 cm³/mol. The van der Waals surface area contributed by atoms with Crippen molar-refractivity contribution in [3.63, 3.8) is 0 Å². The lowest BCUT2D eigenvalue weighted by molar-refractivity contribution is 0.0875. The van der Waals surface area contributed by atoms with Crippen LogP contribution in [0.1, 0.15) is 141 Å². The average Bonchev–Trinajstić information content (AvgIpc) is 2.94. The van der Waals surface area contributed by atoms with Gasteiger partial charge < -0.3 is 0 Å². The Balaban J connectivity index is 1.10. The normalized spacial score (nSPS) is 29.3. The molecule has 2 aromatic carbocycles. The van der Waals surface area contributed by atoms with Gasteiger partial charge in [-0.1, -0.05) is 101 Å². The Labute approximate surface area is 221 Å². The molecule has 0 amide bonds. The molecule has 0 atom stereocenters. The monoisotopic (exact) mass is 482 g/mol. The first-order chi connectivity index (χ1) is 17.4. The lowest BCUT2D eigenvalue weighted by Crippen LogP contribution is -2.36. The van der Waals surface area contributed by atoms with Gasteiger partial charge in [-0.05, 0) is 121 Å². The Kier molecular flexibility index (Phi) is 6.63. The highest BCUT2D eigenvalue weighted by molar-refractivity contribution is 5.64. The molecule has 0 nitrogen and oxygen atoms in total. The highest BCUT2D eigenvalue weighted by Crippen LogP contribution is 2.54. The van der Waals surface area contributed by atoms with Crippen molar-refractivity contribution in [2.45, 2.75) is 140 Å². The fourth-order valence-corrected chi connectivity index (χ4v) is 8.98. The summed E-state index contributed by atoms with van der Waals surface area (Å²) in [5.74, 6) is 0. The Bertz CT molecular complexity index is 905. The molecule has 0 heteroatoms. The fraction of sp³-hybridized carbons (Fsp3) is 0.667. The molecule has 0 bridgehead atoms. The lowest BCUT2D eigenvalue weighted by atomic mass is 9.58. The van der Waals surface area contributed by atoms with E-state index in [0.29, 0.717) is 21.7 Å². The van der Waals surface area contributed by atoms with Gasteiger partial charge in [0.1, 0.15) is 0 Å². The second kappa shape index (κ2) is 9.63. The van der Waals surface area contributed by atoms with E-state index < -0.39 is 0 Å². The van der Waals surface area contributed by atoms with Crippen LogP contribution in [0, 0.1) is 10.8 Å². The number of rotatable bonds is 3. The van der Waals surface area contributed by atoms with Crippen molar-refractivity contribution < 1.29 is 0 Å². The van der Waals surface area contributed by atoms with Crippen LogP contribution >= 0.6 is 0 Å². The second-order valence-corrected chi connectivity index (χ2v) is 14.4. The maximum atomic E-state index is 2.54. The molecule has 36 heavy (non-hydrogen) atoms. The molecule has 0 saturated heterocycles. The molecule has 2 aromatic rings. The largest absolute Gasteiger partial charge is 0.0579 e. The van der Waals surface area contributed by atoms with Crippen LogP contribution < -0.4 is 0 Å². The summed E-state index contributed by atoms with van der Waals surface area (Å²) in [5.41, 5.74) is 8.04. The van der Waals surface area contributed by atoms with Crippen molar-refractivity contribution in [1.29, 1.82) is 0 Å². The zero-order valence-corrected chi connectivity index (χ0v) is 23.3. The van der Waals surface area contributed by atoms with E-state index in [-0.39, 0.29) is 0 Å². The second-order valence-electron chi connectivity index (χ2n) is 14.4. The van der Waals surface area contributed by atoms with Crippen molar-refractivity contribution in [3.05, 3.63) is 59.7 Å². The summed E-state index contributed by atoms with van der Waals surface area (Å²) in [7, 11) is 0. The highest BCUT2D eigenvalue weighted by atomic mass is 14.5. The van der Waals surface area contributed by atoms with Crippen molar-refractivity contribution in [2.75, 3.05) is 0 Å². The maximum absolute atomic E-state index is 2.54. The molecule has 0 N–H and O–H groups in total. The van der Waals surface area contributed by atoms with E-state index in [0.717, 1.165) is 0 Å². The van der Waals surface area contributed by atoms with E-state index >= 15 is 0 Å². The average molecular weight is 483 g/mol. The summed E-state index contributed by atoms with van der Waals surface area (Å²) < 4.78 is 0. The molecular weight excluding hydrogens is 432 g/mol. The molecule has 4 aliphatic rings. The summed E-state index contributed by atoms with van der Waals surface area (Å²) in [5, 5.41) is 0. The summed E-state index contributed by atoms with van der Waals surface area (Å²) >= 11 is 0. The Morgan fingerprint density at radius 2 is 0.667 bits per heavy atom. The van der Waals surface area contributed by atoms with Gasteiger partial charge in [0, 0.05) is 0 Å². The van der Waals surface area contributed by atoms with E-state index in [2.05, 4.69) is 62.4 Å². The van der Waals surface area contributed by atoms with Crippen molar-refractivity contribution in [3.8, 4) is 11.1 Å². The van der Waals surface area contributed by atoms with Crippen LogP contribution in [-0.4, -0.2) is 0 Å². The first-order valence-electron chi connectivity index (χ1n) is 15.6. The smallest absolute Gasteiger partial charge is 0.00748 e. The van der Waals surface area contributed by atoms with Gasteiger partial charge in [0.05, 0.1) is 0 Å². The van der Waals surface area contributed by atoms with Gasteiger partial charge in [-0.2, -0.15) is 0 Å². The summed E-state index contributed by atoms with van der Waals surface area (Å²) in [4.78, 5) is 0. The van der Waals surface area contributed by atoms with Gasteiger partial charge in [0.15, 0.2) is 0 Å². The minimum atomic E-state index is 0.371. The van der Waals surface area contributed by atoms with Gasteiger partial charge in [-0.3, -0.25) is 0 Å². The number of hydrogen-bond acceptors (Lipinski definition) is 0. The predicted octanol–water partition coefficient (Wildman–Crippen LogP) is 10.9. The molecule has 194 valence electrons. The number of hydrogen-bond donors (Lipinski definition) is 0. The lowest BCUT2D eigenvalue weighted by Gasteiger charge is -2.47. The molecule has 4 fully saturated rings. The van der Waals surface area contributed by atoms with Crippen LogP contribution in [-0.2, 0) is 10.8 Å². The van der Waals surface area contributed by atoms with Crippen LogP contribution in [0.5, 0.6) is 0 Å². The summed E-state index contributed by atoms with van der Waals surface area (Å²) in [6.45, 7) is 5.07. The zero-order valence-electron chi connectivity index (χ0n) is 23.3. The SMILES string of the molecule is CC1(c2ccc(-c3ccc(C4(C)CCC5(CCCCC5)CC4)cc3)cc2)CCC2(CCCCC2)CC1. The third kappa shape index (κ3) is 4.72. The molecule has 0 aromatic heterocycles. The van der Waals surface area contributed by atoms with Crippen LogP contribution in [0.15, 0.2) is 48.5 Å². The maximum Gasteiger partial charge on any atom is -0.00748 e. The molecule has 2 spiro atoms. The van der Waals surface area contributed by atoms with E-state index in [1.807, 2.05) is 0 Å². The standard InChI is InChI=1S/C36H50/c1-33(21-25-35(26-22-33)17-5-3-6-18-35)31-13-9-29(10-14-31)30-11-15-32(16-12-30)34(2)23-27-36(28-24-34)19-7-4-8-20-36/h9-16H,3-8,17-28H2,1-2H3. The van der Waals surface area contributed by atoms with Crippen molar-refractivity contribution in [2.24, 2.45) is 10.8 Å². The molecule has 4 saturated carbocycles. The highest BCUT2D eigenvalue weighted by Gasteiger charge is 2.42. The molecule has 6 rings (SSSR count). The van der Waals surface area contributed by atoms with E-state index in [9.17, 15) is 0 Å². The van der Waals surface area contributed by atoms with Crippen molar-refractivity contribution in [1.82, 2.24) is 0 Å². The molecule has 4 aliphatic carbocycles. The van der Waals surface area contributed by atoms with Crippen molar-refractivity contribution >= 4 is 0 Å².